The Balaban J connectivity index is 2.61. The summed E-state index contributed by atoms with van der Waals surface area (Å²) in [7, 11) is 0. The first-order valence-corrected chi connectivity index (χ1v) is 6.79. The Hall–Kier alpha value is -0.470. The highest BCUT2D eigenvalue weighted by Crippen LogP contribution is 2.23. The third-order valence-corrected chi connectivity index (χ3v) is 3.64. The van der Waals surface area contributed by atoms with Crippen molar-refractivity contribution in [1.82, 2.24) is 0 Å². The van der Waals surface area contributed by atoms with Crippen LogP contribution in [0.5, 0.6) is 0 Å². The Labute approximate surface area is 97.4 Å². The Morgan fingerprint density at radius 3 is 2.33 bits per heavy atom. The van der Waals surface area contributed by atoms with Gasteiger partial charge in [0.1, 0.15) is 0 Å². The van der Waals surface area contributed by atoms with Gasteiger partial charge in [-0.15, -0.1) is 11.8 Å². The highest BCUT2D eigenvalue weighted by Gasteiger charge is 2.09. The summed E-state index contributed by atoms with van der Waals surface area (Å²) >= 11 is 1.77. The Kier molecular flexibility index (Phi) is 5.20. The zero-order valence-corrected chi connectivity index (χ0v) is 10.7. The Morgan fingerprint density at radius 2 is 1.87 bits per heavy atom. The fourth-order valence-electron chi connectivity index (χ4n) is 1.59. The number of thioether (sulfide) groups is 1. The van der Waals surface area contributed by atoms with Gasteiger partial charge in [-0.25, -0.2) is 0 Å². The Bertz CT molecular complexity index is 281. The predicted molar refractivity (Wildman–Crippen MR) is 69.2 cm³/mol. The lowest BCUT2D eigenvalue weighted by Gasteiger charge is -2.16. The van der Waals surface area contributed by atoms with Crippen molar-refractivity contribution in [2.75, 3.05) is 6.26 Å². The van der Waals surface area contributed by atoms with Crippen LogP contribution in [-0.4, -0.2) is 6.26 Å². The van der Waals surface area contributed by atoms with E-state index in [1.807, 2.05) is 0 Å². The molecule has 0 amide bonds. The third kappa shape index (κ3) is 3.88. The van der Waals surface area contributed by atoms with Gasteiger partial charge in [-0.2, -0.15) is 0 Å². The minimum Gasteiger partial charge on any atom is -0.324 e. The van der Waals surface area contributed by atoms with E-state index in [0.717, 1.165) is 6.42 Å². The van der Waals surface area contributed by atoms with Crippen LogP contribution in [0.4, 0.5) is 0 Å². The molecule has 0 aromatic heterocycles. The molecule has 2 N–H and O–H groups in total. The molecule has 1 aromatic carbocycles. The average Bonchev–Trinajstić information content (AvgIpc) is 2.29. The maximum Gasteiger partial charge on any atom is 0.0297 e. The monoisotopic (exact) mass is 223 g/mol. The summed E-state index contributed by atoms with van der Waals surface area (Å²) in [6.45, 7) is 4.48. The molecule has 0 spiro atoms. The van der Waals surface area contributed by atoms with E-state index in [4.69, 9.17) is 5.73 Å². The van der Waals surface area contributed by atoms with Gasteiger partial charge in [0.15, 0.2) is 0 Å². The summed E-state index contributed by atoms with van der Waals surface area (Å²) in [5.74, 6) is 0.709. The molecular weight excluding hydrogens is 202 g/mol. The second-order valence-electron chi connectivity index (χ2n) is 4.13. The van der Waals surface area contributed by atoms with E-state index in [1.165, 1.54) is 16.9 Å². The smallest absolute Gasteiger partial charge is 0.0297 e. The van der Waals surface area contributed by atoms with Gasteiger partial charge in [0.25, 0.3) is 0 Å². The minimum absolute atomic E-state index is 0.191. The summed E-state index contributed by atoms with van der Waals surface area (Å²) < 4.78 is 0. The van der Waals surface area contributed by atoms with E-state index in [2.05, 4.69) is 44.4 Å². The first-order valence-electron chi connectivity index (χ1n) is 5.56. The summed E-state index contributed by atoms with van der Waals surface area (Å²) in [6, 6.07) is 8.79. The van der Waals surface area contributed by atoms with E-state index in [9.17, 15) is 0 Å². The lowest BCUT2D eigenvalue weighted by Crippen LogP contribution is -2.13. The van der Waals surface area contributed by atoms with Gasteiger partial charge in [0.05, 0.1) is 0 Å². The van der Waals surface area contributed by atoms with Gasteiger partial charge < -0.3 is 5.73 Å². The van der Waals surface area contributed by atoms with E-state index in [0.29, 0.717) is 5.92 Å². The van der Waals surface area contributed by atoms with E-state index >= 15 is 0 Å². The van der Waals surface area contributed by atoms with Crippen LogP contribution in [-0.2, 0) is 0 Å². The number of hydrogen-bond donors (Lipinski definition) is 1. The van der Waals surface area contributed by atoms with Crippen molar-refractivity contribution in [2.24, 2.45) is 11.7 Å². The summed E-state index contributed by atoms with van der Waals surface area (Å²) in [5.41, 5.74) is 7.41. The fraction of sp³-hybridized carbons (Fsp3) is 0.538. The molecule has 2 heteroatoms. The van der Waals surface area contributed by atoms with Gasteiger partial charge >= 0.3 is 0 Å². The van der Waals surface area contributed by atoms with Crippen LogP contribution in [0.25, 0.3) is 0 Å². The van der Waals surface area contributed by atoms with Crippen LogP contribution in [0.15, 0.2) is 29.2 Å². The molecule has 0 aliphatic rings. The van der Waals surface area contributed by atoms with Gasteiger partial charge in [-0.05, 0) is 36.3 Å². The molecule has 2 atom stereocenters. The molecule has 0 aliphatic heterocycles. The summed E-state index contributed by atoms with van der Waals surface area (Å²) in [4.78, 5) is 1.30. The Morgan fingerprint density at radius 1 is 1.27 bits per heavy atom. The van der Waals surface area contributed by atoms with Crippen molar-refractivity contribution in [3.05, 3.63) is 29.8 Å². The predicted octanol–water partition coefficient (Wildman–Crippen LogP) is 3.84. The maximum atomic E-state index is 6.16. The fourth-order valence-corrected chi connectivity index (χ4v) is 2.00. The maximum absolute atomic E-state index is 6.16. The van der Waals surface area contributed by atoms with Crippen LogP contribution < -0.4 is 5.73 Å². The molecule has 0 fully saturated rings. The zero-order chi connectivity index (χ0) is 11.3. The normalized spacial score (nSPS) is 14.9. The molecule has 15 heavy (non-hydrogen) atoms. The number of nitrogens with two attached hydrogens (primary N) is 1. The number of benzene rings is 1. The van der Waals surface area contributed by atoms with Gasteiger partial charge in [0.2, 0.25) is 0 Å². The van der Waals surface area contributed by atoms with Crippen molar-refractivity contribution in [2.45, 2.75) is 37.6 Å². The van der Waals surface area contributed by atoms with Crippen molar-refractivity contribution >= 4 is 11.8 Å². The molecule has 0 saturated carbocycles. The van der Waals surface area contributed by atoms with Crippen molar-refractivity contribution in [3.63, 3.8) is 0 Å². The lowest BCUT2D eigenvalue weighted by molar-refractivity contribution is 0.461. The zero-order valence-electron chi connectivity index (χ0n) is 9.86. The van der Waals surface area contributed by atoms with E-state index in [-0.39, 0.29) is 6.04 Å². The molecule has 0 heterocycles. The van der Waals surface area contributed by atoms with Crippen LogP contribution in [0.3, 0.4) is 0 Å². The van der Waals surface area contributed by atoms with Crippen molar-refractivity contribution in [1.29, 1.82) is 0 Å². The molecular formula is C13H21NS. The van der Waals surface area contributed by atoms with E-state index < -0.39 is 0 Å². The van der Waals surface area contributed by atoms with Gasteiger partial charge in [0, 0.05) is 10.9 Å². The van der Waals surface area contributed by atoms with Gasteiger partial charge in [-0.3, -0.25) is 0 Å². The number of rotatable bonds is 5. The molecule has 1 aromatic rings. The molecule has 1 rings (SSSR count). The molecule has 0 bridgehead atoms. The largest absolute Gasteiger partial charge is 0.324 e. The second kappa shape index (κ2) is 6.19. The average molecular weight is 223 g/mol. The van der Waals surface area contributed by atoms with Crippen LogP contribution in [0, 0.1) is 5.92 Å². The lowest BCUT2D eigenvalue weighted by atomic mass is 9.95. The molecule has 1 nitrogen and oxygen atoms in total. The molecule has 84 valence electrons. The topological polar surface area (TPSA) is 26.0 Å². The third-order valence-electron chi connectivity index (χ3n) is 2.90. The first-order chi connectivity index (χ1) is 7.17. The molecule has 0 aliphatic carbocycles. The van der Waals surface area contributed by atoms with Crippen LogP contribution in [0.1, 0.15) is 38.3 Å². The second-order valence-corrected chi connectivity index (χ2v) is 5.01. The number of hydrogen-bond acceptors (Lipinski definition) is 2. The first kappa shape index (κ1) is 12.6. The van der Waals surface area contributed by atoms with Crippen LogP contribution >= 0.6 is 11.8 Å². The quantitative estimate of drug-likeness (QED) is 0.767. The molecule has 0 saturated heterocycles. The van der Waals surface area contributed by atoms with Crippen molar-refractivity contribution < 1.29 is 0 Å². The van der Waals surface area contributed by atoms with Gasteiger partial charge in [-0.1, -0.05) is 32.4 Å². The minimum atomic E-state index is 0.191. The molecule has 2 unspecified atom stereocenters. The summed E-state index contributed by atoms with van der Waals surface area (Å²) in [6.07, 6.45) is 4.37. The highest BCUT2D eigenvalue weighted by molar-refractivity contribution is 7.98. The standard InChI is InChI=1S/C13H21NS/c1-4-10(2)9-13(14)11-5-7-12(15-3)8-6-11/h5-8,10,13H,4,9,14H2,1-3H3. The highest BCUT2D eigenvalue weighted by atomic mass is 32.2. The SMILES string of the molecule is CCC(C)CC(N)c1ccc(SC)cc1. The summed E-state index contributed by atoms with van der Waals surface area (Å²) in [5, 5.41) is 0. The van der Waals surface area contributed by atoms with Crippen molar-refractivity contribution in [3.8, 4) is 0 Å². The van der Waals surface area contributed by atoms with Crippen LogP contribution in [0.2, 0.25) is 0 Å². The molecule has 0 radical (unpaired) electrons. The van der Waals surface area contributed by atoms with E-state index in [1.54, 1.807) is 11.8 Å².